The van der Waals surface area contributed by atoms with E-state index in [1.54, 1.807) is 25.3 Å². The maximum Gasteiger partial charge on any atom is 0.239 e. The largest absolute Gasteiger partial charge is 0.508 e. The van der Waals surface area contributed by atoms with Crippen molar-refractivity contribution in [3.8, 4) is 34.3 Å². The van der Waals surface area contributed by atoms with E-state index < -0.39 is 5.43 Å². The molecule has 4 aromatic rings. The van der Waals surface area contributed by atoms with Crippen molar-refractivity contribution in [1.82, 2.24) is 0 Å². The maximum atomic E-state index is 13.2. The van der Waals surface area contributed by atoms with Crippen molar-refractivity contribution in [1.29, 1.82) is 0 Å². The fraction of sp³-hybridized carbons (Fsp3) is 0.0870. The number of benzene rings is 3. The molecule has 0 spiro atoms. The minimum atomic E-state index is -0.530. The number of methoxy groups -OCH3 is 1. The van der Waals surface area contributed by atoms with Gasteiger partial charge in [-0.1, -0.05) is 48.5 Å². The van der Waals surface area contributed by atoms with Crippen LogP contribution in [-0.4, -0.2) is 17.3 Å². The van der Waals surface area contributed by atoms with Crippen LogP contribution in [0.5, 0.6) is 23.0 Å². The van der Waals surface area contributed by atoms with Crippen LogP contribution < -0.4 is 14.9 Å². The predicted molar refractivity (Wildman–Crippen MR) is 109 cm³/mol. The fourth-order valence-corrected chi connectivity index (χ4v) is 3.15. The molecule has 6 heteroatoms. The number of phenolic OH excluding ortho intramolecular Hbond substituents is 2. The lowest BCUT2D eigenvalue weighted by Gasteiger charge is -2.14. The van der Waals surface area contributed by atoms with Crippen LogP contribution in [0.2, 0.25) is 0 Å². The van der Waals surface area contributed by atoms with Crippen molar-refractivity contribution in [2.75, 3.05) is 7.11 Å². The molecule has 0 bridgehead atoms. The summed E-state index contributed by atoms with van der Waals surface area (Å²) in [5, 5.41) is 19.9. The Morgan fingerprint density at radius 3 is 2.45 bits per heavy atom. The standard InChI is InChI=1S/C23H18O6/c1-27-18-10-6-5-9-15(18)13-28-23-21(26)20-17(25)11-16(24)12-19(20)29-22(23)14-7-3-2-4-8-14/h2-12,24-25H,13H2,1H3. The van der Waals surface area contributed by atoms with Crippen LogP contribution in [0.15, 0.2) is 75.9 Å². The molecule has 0 saturated heterocycles. The summed E-state index contributed by atoms with van der Waals surface area (Å²) in [6.45, 7) is 0.0684. The minimum Gasteiger partial charge on any atom is -0.508 e. The van der Waals surface area contributed by atoms with Crippen LogP contribution >= 0.6 is 0 Å². The fourth-order valence-electron chi connectivity index (χ4n) is 3.15. The molecule has 0 saturated carbocycles. The van der Waals surface area contributed by atoms with Crippen molar-refractivity contribution in [3.05, 3.63) is 82.5 Å². The molecular weight excluding hydrogens is 372 g/mol. The molecule has 2 N–H and O–H groups in total. The molecule has 29 heavy (non-hydrogen) atoms. The van der Waals surface area contributed by atoms with Gasteiger partial charge < -0.3 is 24.1 Å². The third-order valence-corrected chi connectivity index (χ3v) is 4.52. The van der Waals surface area contributed by atoms with Crippen LogP contribution in [0.25, 0.3) is 22.3 Å². The summed E-state index contributed by atoms with van der Waals surface area (Å²) in [5.74, 6) is 0.223. The van der Waals surface area contributed by atoms with Gasteiger partial charge in [0.2, 0.25) is 11.2 Å². The molecule has 0 aliphatic carbocycles. The molecule has 1 heterocycles. The topological polar surface area (TPSA) is 89.1 Å². The van der Waals surface area contributed by atoms with Crippen LogP contribution in [0.1, 0.15) is 5.56 Å². The monoisotopic (exact) mass is 390 g/mol. The van der Waals surface area contributed by atoms with E-state index in [2.05, 4.69) is 0 Å². The molecule has 0 aliphatic rings. The van der Waals surface area contributed by atoms with Crippen molar-refractivity contribution in [3.63, 3.8) is 0 Å². The first-order chi connectivity index (χ1) is 14.1. The molecule has 0 radical (unpaired) electrons. The van der Waals surface area contributed by atoms with Crippen molar-refractivity contribution >= 4 is 11.0 Å². The van der Waals surface area contributed by atoms with E-state index in [1.807, 2.05) is 36.4 Å². The van der Waals surface area contributed by atoms with Crippen LogP contribution in [0.3, 0.4) is 0 Å². The summed E-state index contributed by atoms with van der Waals surface area (Å²) in [5.41, 5.74) is 0.918. The van der Waals surface area contributed by atoms with E-state index in [0.29, 0.717) is 11.3 Å². The number of ether oxygens (including phenoxy) is 2. The highest BCUT2D eigenvalue weighted by Gasteiger charge is 2.21. The molecule has 3 aromatic carbocycles. The SMILES string of the molecule is COc1ccccc1COc1c(-c2ccccc2)oc2cc(O)cc(O)c2c1=O. The van der Waals surface area contributed by atoms with Gasteiger partial charge in [0, 0.05) is 23.3 Å². The highest BCUT2D eigenvalue weighted by atomic mass is 16.5. The van der Waals surface area contributed by atoms with Crippen LogP contribution in [0, 0.1) is 0 Å². The summed E-state index contributed by atoms with van der Waals surface area (Å²) >= 11 is 0. The lowest BCUT2D eigenvalue weighted by molar-refractivity contribution is 0.289. The second-order valence-electron chi connectivity index (χ2n) is 6.39. The van der Waals surface area contributed by atoms with Crippen molar-refractivity contribution < 1.29 is 24.1 Å². The van der Waals surface area contributed by atoms with E-state index >= 15 is 0 Å². The summed E-state index contributed by atoms with van der Waals surface area (Å²) < 4.78 is 17.1. The number of para-hydroxylation sites is 1. The molecule has 0 aliphatic heterocycles. The molecule has 4 rings (SSSR count). The highest BCUT2D eigenvalue weighted by Crippen LogP contribution is 2.36. The van der Waals surface area contributed by atoms with E-state index in [0.717, 1.165) is 11.6 Å². The third-order valence-electron chi connectivity index (χ3n) is 4.52. The first-order valence-electron chi connectivity index (χ1n) is 8.91. The molecule has 0 atom stereocenters. The Kier molecular flexibility index (Phi) is 4.83. The molecule has 146 valence electrons. The summed E-state index contributed by atoms with van der Waals surface area (Å²) in [6, 6.07) is 18.7. The Balaban J connectivity index is 1.89. The Bertz CT molecular complexity index is 1230. The summed E-state index contributed by atoms with van der Waals surface area (Å²) in [4.78, 5) is 13.2. The Labute approximate surface area is 166 Å². The Morgan fingerprint density at radius 2 is 1.69 bits per heavy atom. The highest BCUT2D eigenvalue weighted by molar-refractivity contribution is 5.88. The van der Waals surface area contributed by atoms with Gasteiger partial charge in [-0.3, -0.25) is 4.79 Å². The predicted octanol–water partition coefficient (Wildman–Crippen LogP) is 4.46. The van der Waals surface area contributed by atoms with Gasteiger partial charge >= 0.3 is 0 Å². The average Bonchev–Trinajstić information content (AvgIpc) is 2.73. The van der Waals surface area contributed by atoms with Gasteiger partial charge in [0.25, 0.3) is 0 Å². The van der Waals surface area contributed by atoms with Gasteiger partial charge in [-0.2, -0.15) is 0 Å². The van der Waals surface area contributed by atoms with E-state index in [9.17, 15) is 15.0 Å². The van der Waals surface area contributed by atoms with Crippen molar-refractivity contribution in [2.24, 2.45) is 0 Å². The lowest BCUT2D eigenvalue weighted by Crippen LogP contribution is -2.11. The molecule has 0 fully saturated rings. The smallest absolute Gasteiger partial charge is 0.239 e. The third kappa shape index (κ3) is 3.48. The van der Waals surface area contributed by atoms with Crippen LogP contribution in [-0.2, 0) is 6.61 Å². The first-order valence-corrected chi connectivity index (χ1v) is 8.91. The molecular formula is C23H18O6. The van der Waals surface area contributed by atoms with Gasteiger partial charge in [-0.25, -0.2) is 0 Å². The zero-order valence-corrected chi connectivity index (χ0v) is 15.6. The zero-order valence-electron chi connectivity index (χ0n) is 15.6. The zero-order chi connectivity index (χ0) is 20.4. The summed E-state index contributed by atoms with van der Waals surface area (Å²) in [7, 11) is 1.56. The van der Waals surface area contributed by atoms with E-state index in [4.69, 9.17) is 13.9 Å². The number of rotatable bonds is 5. The van der Waals surface area contributed by atoms with Crippen molar-refractivity contribution in [2.45, 2.75) is 6.61 Å². The van der Waals surface area contributed by atoms with E-state index in [1.165, 1.54) is 6.07 Å². The van der Waals surface area contributed by atoms with E-state index in [-0.39, 0.29) is 40.6 Å². The van der Waals surface area contributed by atoms with Gasteiger partial charge in [-0.05, 0) is 6.07 Å². The number of hydrogen-bond acceptors (Lipinski definition) is 6. The quantitative estimate of drug-likeness (QED) is 0.523. The van der Waals surface area contributed by atoms with Gasteiger partial charge in [0.1, 0.15) is 34.8 Å². The number of aromatic hydroxyl groups is 2. The Morgan fingerprint density at radius 1 is 0.966 bits per heavy atom. The number of hydrogen-bond donors (Lipinski definition) is 2. The lowest BCUT2D eigenvalue weighted by atomic mass is 10.1. The molecule has 1 aromatic heterocycles. The van der Waals surface area contributed by atoms with Crippen LogP contribution in [0.4, 0.5) is 0 Å². The molecule has 6 nitrogen and oxygen atoms in total. The van der Waals surface area contributed by atoms with Gasteiger partial charge in [0.15, 0.2) is 5.76 Å². The minimum absolute atomic E-state index is 0.0319. The number of fused-ring (bicyclic) bond motifs is 1. The summed E-state index contributed by atoms with van der Waals surface area (Å²) in [6.07, 6.45) is 0. The van der Waals surface area contributed by atoms with Gasteiger partial charge in [0.05, 0.1) is 7.11 Å². The van der Waals surface area contributed by atoms with Gasteiger partial charge in [-0.15, -0.1) is 0 Å². The number of phenols is 2. The molecule has 0 amide bonds. The Hall–Kier alpha value is -3.93. The molecule has 0 unspecified atom stereocenters. The maximum absolute atomic E-state index is 13.2. The average molecular weight is 390 g/mol. The second-order valence-corrected chi connectivity index (χ2v) is 6.39. The normalized spacial score (nSPS) is 10.8. The second kappa shape index (κ2) is 7.59. The first kappa shape index (κ1) is 18.4.